The lowest BCUT2D eigenvalue weighted by Crippen LogP contribution is -2.39. The summed E-state index contributed by atoms with van der Waals surface area (Å²) >= 11 is 0. The van der Waals surface area contributed by atoms with Crippen LogP contribution >= 0.6 is 0 Å². The van der Waals surface area contributed by atoms with Gasteiger partial charge in [0.2, 0.25) is 0 Å². The fourth-order valence-corrected chi connectivity index (χ4v) is 2.18. The van der Waals surface area contributed by atoms with Gasteiger partial charge in [-0.05, 0) is 45.4 Å². The number of hydrogen-bond donors (Lipinski definition) is 2. The molecule has 7 nitrogen and oxygen atoms in total. The zero-order valence-electron chi connectivity index (χ0n) is 16.8. The molecule has 0 aliphatic carbocycles. The Balaban J connectivity index is 2.54. The number of alkyl carbamates (subject to hydrolysis) is 1. The number of nitrogens with one attached hydrogen (secondary N) is 2. The molecular formula is C19H32N4O3. The van der Waals surface area contributed by atoms with Crippen LogP contribution in [0.2, 0.25) is 0 Å². The standard InChI is InChI=1S/C19H32N4O3/c1-7-20-17(21-12-13-22-18(24)26-19(2,3)4)23(5)14-15-8-10-16(25-6)11-9-15/h8-11H,7,12-14H2,1-6H3,(H,20,21)(H,22,24). The molecule has 0 aromatic heterocycles. The van der Waals surface area contributed by atoms with E-state index in [1.807, 2.05) is 63.9 Å². The van der Waals surface area contributed by atoms with Crippen LogP contribution in [0.15, 0.2) is 29.3 Å². The molecule has 1 rings (SSSR count). The fourth-order valence-electron chi connectivity index (χ4n) is 2.18. The Morgan fingerprint density at radius 1 is 1.19 bits per heavy atom. The first-order valence-electron chi connectivity index (χ1n) is 8.84. The van der Waals surface area contributed by atoms with Crippen molar-refractivity contribution < 1.29 is 14.3 Å². The molecule has 0 aliphatic rings. The van der Waals surface area contributed by atoms with Crippen molar-refractivity contribution in [3.05, 3.63) is 29.8 Å². The highest BCUT2D eigenvalue weighted by molar-refractivity contribution is 5.79. The van der Waals surface area contributed by atoms with Crippen molar-refractivity contribution >= 4 is 12.1 Å². The number of methoxy groups -OCH3 is 1. The lowest BCUT2D eigenvalue weighted by atomic mass is 10.2. The minimum Gasteiger partial charge on any atom is -0.497 e. The smallest absolute Gasteiger partial charge is 0.407 e. The Kier molecular flexibility index (Phi) is 8.75. The summed E-state index contributed by atoms with van der Waals surface area (Å²) in [5, 5.41) is 5.97. The third-order valence-electron chi connectivity index (χ3n) is 3.32. The number of carbonyl (C=O) groups is 1. The molecule has 2 N–H and O–H groups in total. The number of amides is 1. The van der Waals surface area contributed by atoms with Gasteiger partial charge in [-0.2, -0.15) is 0 Å². The maximum atomic E-state index is 11.6. The predicted molar refractivity (Wildman–Crippen MR) is 105 cm³/mol. The van der Waals surface area contributed by atoms with Gasteiger partial charge in [0.05, 0.1) is 13.7 Å². The normalized spacial score (nSPS) is 11.7. The third kappa shape index (κ3) is 8.60. The maximum Gasteiger partial charge on any atom is 0.407 e. The lowest BCUT2D eigenvalue weighted by molar-refractivity contribution is 0.0529. The summed E-state index contributed by atoms with van der Waals surface area (Å²) in [7, 11) is 3.63. The zero-order valence-corrected chi connectivity index (χ0v) is 16.8. The van der Waals surface area contributed by atoms with Crippen LogP contribution in [0, 0.1) is 0 Å². The number of hydrogen-bond acceptors (Lipinski definition) is 4. The summed E-state index contributed by atoms with van der Waals surface area (Å²) < 4.78 is 10.4. The van der Waals surface area contributed by atoms with Crippen LogP contribution in [0.3, 0.4) is 0 Å². The van der Waals surface area contributed by atoms with E-state index < -0.39 is 11.7 Å². The monoisotopic (exact) mass is 364 g/mol. The fraction of sp³-hybridized carbons (Fsp3) is 0.579. The van der Waals surface area contributed by atoms with Gasteiger partial charge in [-0.3, -0.25) is 4.99 Å². The van der Waals surface area contributed by atoms with Gasteiger partial charge >= 0.3 is 6.09 Å². The Morgan fingerprint density at radius 3 is 2.38 bits per heavy atom. The molecule has 0 fully saturated rings. The highest BCUT2D eigenvalue weighted by atomic mass is 16.6. The van der Waals surface area contributed by atoms with Gasteiger partial charge in [0, 0.05) is 26.7 Å². The predicted octanol–water partition coefficient (Wildman–Crippen LogP) is 2.62. The van der Waals surface area contributed by atoms with E-state index in [2.05, 4.69) is 15.6 Å². The summed E-state index contributed by atoms with van der Waals surface area (Å²) in [5.74, 6) is 1.62. The second-order valence-electron chi connectivity index (χ2n) is 6.87. The van der Waals surface area contributed by atoms with E-state index in [9.17, 15) is 4.79 Å². The van der Waals surface area contributed by atoms with Crippen molar-refractivity contribution in [1.29, 1.82) is 0 Å². The first kappa shape index (κ1) is 21.6. The summed E-state index contributed by atoms with van der Waals surface area (Å²) in [6, 6.07) is 7.95. The third-order valence-corrected chi connectivity index (χ3v) is 3.32. The quantitative estimate of drug-likeness (QED) is 0.442. The first-order valence-corrected chi connectivity index (χ1v) is 8.84. The van der Waals surface area contributed by atoms with Gasteiger partial charge < -0.3 is 25.0 Å². The van der Waals surface area contributed by atoms with Gasteiger partial charge in [0.15, 0.2) is 5.96 Å². The molecule has 26 heavy (non-hydrogen) atoms. The second-order valence-corrected chi connectivity index (χ2v) is 6.87. The number of aliphatic imine (C=N–C) groups is 1. The first-order chi connectivity index (χ1) is 12.2. The molecule has 1 aromatic rings. The molecule has 0 unspecified atom stereocenters. The van der Waals surface area contributed by atoms with Crippen LogP contribution in [-0.4, -0.2) is 56.3 Å². The van der Waals surface area contributed by atoms with Crippen molar-refractivity contribution in [3.63, 3.8) is 0 Å². The lowest BCUT2D eigenvalue weighted by Gasteiger charge is -2.22. The van der Waals surface area contributed by atoms with E-state index in [1.165, 1.54) is 0 Å². The number of benzene rings is 1. The van der Waals surface area contributed by atoms with E-state index in [-0.39, 0.29) is 0 Å². The Labute approximate surface area is 156 Å². The molecule has 0 aliphatic heterocycles. The highest BCUT2D eigenvalue weighted by Crippen LogP contribution is 2.12. The Bertz CT molecular complexity index is 579. The molecule has 0 atom stereocenters. The molecule has 0 bridgehead atoms. The van der Waals surface area contributed by atoms with E-state index in [0.29, 0.717) is 13.1 Å². The van der Waals surface area contributed by atoms with Crippen LogP contribution in [-0.2, 0) is 11.3 Å². The molecule has 0 radical (unpaired) electrons. The summed E-state index contributed by atoms with van der Waals surface area (Å²) in [5.41, 5.74) is 0.659. The molecule has 1 aromatic carbocycles. The van der Waals surface area contributed by atoms with Crippen molar-refractivity contribution in [2.24, 2.45) is 4.99 Å². The molecule has 0 saturated carbocycles. The average Bonchev–Trinajstić information content (AvgIpc) is 2.56. The molecule has 0 heterocycles. The maximum absolute atomic E-state index is 11.6. The highest BCUT2D eigenvalue weighted by Gasteiger charge is 2.15. The average molecular weight is 364 g/mol. The van der Waals surface area contributed by atoms with Gasteiger partial charge in [-0.15, -0.1) is 0 Å². The Morgan fingerprint density at radius 2 is 1.85 bits per heavy atom. The number of rotatable bonds is 7. The zero-order chi connectivity index (χ0) is 19.6. The molecule has 146 valence electrons. The number of carbonyl (C=O) groups excluding carboxylic acids is 1. The van der Waals surface area contributed by atoms with Crippen molar-refractivity contribution in [1.82, 2.24) is 15.5 Å². The van der Waals surface area contributed by atoms with Crippen LogP contribution in [0.1, 0.15) is 33.3 Å². The SMILES string of the molecule is CCNC(=NCCNC(=O)OC(C)(C)C)N(C)Cc1ccc(OC)cc1. The van der Waals surface area contributed by atoms with Crippen molar-refractivity contribution in [3.8, 4) is 5.75 Å². The summed E-state index contributed by atoms with van der Waals surface area (Å²) in [4.78, 5) is 18.2. The van der Waals surface area contributed by atoms with Gasteiger partial charge in [0.1, 0.15) is 11.4 Å². The van der Waals surface area contributed by atoms with Crippen molar-refractivity contribution in [2.45, 2.75) is 39.8 Å². The Hall–Kier alpha value is -2.44. The minimum atomic E-state index is -0.499. The number of guanidine groups is 1. The second kappa shape index (κ2) is 10.5. The van der Waals surface area contributed by atoms with Crippen LogP contribution in [0.5, 0.6) is 5.75 Å². The van der Waals surface area contributed by atoms with Crippen LogP contribution in [0.25, 0.3) is 0 Å². The van der Waals surface area contributed by atoms with E-state index in [0.717, 1.165) is 30.4 Å². The molecule has 0 spiro atoms. The summed E-state index contributed by atoms with van der Waals surface area (Å²) in [6.45, 7) is 9.90. The number of ether oxygens (including phenoxy) is 2. The molecule has 0 saturated heterocycles. The van der Waals surface area contributed by atoms with E-state index >= 15 is 0 Å². The van der Waals surface area contributed by atoms with Crippen LogP contribution < -0.4 is 15.4 Å². The van der Waals surface area contributed by atoms with E-state index in [1.54, 1.807) is 7.11 Å². The van der Waals surface area contributed by atoms with Gasteiger partial charge in [-0.1, -0.05) is 12.1 Å². The largest absolute Gasteiger partial charge is 0.497 e. The topological polar surface area (TPSA) is 75.2 Å². The molecule has 7 heteroatoms. The van der Waals surface area contributed by atoms with Gasteiger partial charge in [-0.25, -0.2) is 4.79 Å². The van der Waals surface area contributed by atoms with Crippen molar-refractivity contribution in [2.75, 3.05) is 33.8 Å². The van der Waals surface area contributed by atoms with Crippen LogP contribution in [0.4, 0.5) is 4.79 Å². The van der Waals surface area contributed by atoms with E-state index in [4.69, 9.17) is 9.47 Å². The summed E-state index contributed by atoms with van der Waals surface area (Å²) in [6.07, 6.45) is -0.427. The number of nitrogens with zero attached hydrogens (tertiary/aromatic N) is 2. The van der Waals surface area contributed by atoms with Gasteiger partial charge in [0.25, 0.3) is 0 Å². The molecular weight excluding hydrogens is 332 g/mol. The molecule has 1 amide bonds. The minimum absolute atomic E-state index is 0.417.